The van der Waals surface area contributed by atoms with E-state index in [1.807, 2.05) is 56.3 Å². The maximum absolute atomic E-state index is 12.4. The van der Waals surface area contributed by atoms with Crippen molar-refractivity contribution in [1.82, 2.24) is 15.8 Å². The predicted octanol–water partition coefficient (Wildman–Crippen LogP) is 3.78. The van der Waals surface area contributed by atoms with E-state index in [-0.39, 0.29) is 0 Å². The van der Waals surface area contributed by atoms with E-state index in [9.17, 15) is 9.59 Å². The number of benzene rings is 2. The lowest BCUT2D eigenvalue weighted by Crippen LogP contribution is -2.47. The zero-order valence-electron chi connectivity index (χ0n) is 15.2. The number of H-pyrrole nitrogens is 1. The molecule has 1 atom stereocenters. The number of aromatic amines is 1. The van der Waals surface area contributed by atoms with Gasteiger partial charge < -0.3 is 9.72 Å². The van der Waals surface area contributed by atoms with Crippen LogP contribution in [0.5, 0.6) is 5.75 Å². The van der Waals surface area contributed by atoms with Crippen LogP contribution >= 0.6 is 15.9 Å². The maximum atomic E-state index is 12.4. The summed E-state index contributed by atoms with van der Waals surface area (Å²) in [4.78, 5) is 27.7. The Labute approximate surface area is 165 Å². The van der Waals surface area contributed by atoms with Crippen LogP contribution in [0.25, 0.3) is 10.9 Å². The zero-order chi connectivity index (χ0) is 19.6. The molecule has 7 heteroatoms. The van der Waals surface area contributed by atoms with Crippen molar-refractivity contribution in [2.24, 2.45) is 0 Å². The normalized spacial score (nSPS) is 11.9. The number of aryl methyl sites for hydroxylation is 1. The molecule has 1 heterocycles. The Morgan fingerprint density at radius 3 is 2.56 bits per heavy atom. The van der Waals surface area contributed by atoms with Crippen LogP contribution in [-0.4, -0.2) is 22.9 Å². The molecule has 0 fully saturated rings. The minimum atomic E-state index is -0.767. The molecule has 3 rings (SSSR count). The van der Waals surface area contributed by atoms with Gasteiger partial charge in [-0.2, -0.15) is 0 Å². The Balaban J connectivity index is 1.63. The highest BCUT2D eigenvalue weighted by Crippen LogP contribution is 2.27. The third-order valence-corrected chi connectivity index (χ3v) is 5.22. The highest BCUT2D eigenvalue weighted by molar-refractivity contribution is 9.10. The van der Waals surface area contributed by atoms with Gasteiger partial charge in [-0.3, -0.25) is 20.4 Å². The fourth-order valence-electron chi connectivity index (χ4n) is 2.64. The van der Waals surface area contributed by atoms with Crippen LogP contribution in [-0.2, 0) is 4.79 Å². The van der Waals surface area contributed by atoms with Crippen LogP contribution in [0.3, 0.4) is 0 Å². The van der Waals surface area contributed by atoms with Gasteiger partial charge in [0.2, 0.25) is 0 Å². The van der Waals surface area contributed by atoms with Crippen LogP contribution in [0.4, 0.5) is 0 Å². The molecular formula is C20H20BrN3O3. The summed E-state index contributed by atoms with van der Waals surface area (Å²) in [5.41, 5.74) is 8.03. The van der Waals surface area contributed by atoms with E-state index in [2.05, 4.69) is 31.8 Å². The lowest BCUT2D eigenvalue weighted by Gasteiger charge is -2.17. The third-order valence-electron chi connectivity index (χ3n) is 4.40. The number of hydrogen-bond acceptors (Lipinski definition) is 3. The molecule has 0 bridgehead atoms. The van der Waals surface area contributed by atoms with Crippen molar-refractivity contribution < 1.29 is 14.3 Å². The van der Waals surface area contributed by atoms with E-state index < -0.39 is 17.9 Å². The first kappa shape index (κ1) is 19.0. The monoisotopic (exact) mass is 429 g/mol. The van der Waals surface area contributed by atoms with E-state index in [1.54, 1.807) is 6.92 Å². The zero-order valence-corrected chi connectivity index (χ0v) is 16.8. The van der Waals surface area contributed by atoms with E-state index in [1.165, 1.54) is 0 Å². The summed E-state index contributed by atoms with van der Waals surface area (Å²) < 4.78 is 6.36. The number of halogens is 1. The SMILES string of the molecule is Cc1cccc(OC(C)C(=O)NNC(=O)c2[nH]c3ccccc3c2Br)c1C. The van der Waals surface area contributed by atoms with E-state index in [0.29, 0.717) is 15.9 Å². The Kier molecular flexibility index (Phi) is 5.51. The van der Waals surface area contributed by atoms with Gasteiger partial charge in [0.25, 0.3) is 11.8 Å². The van der Waals surface area contributed by atoms with Crippen LogP contribution in [0.15, 0.2) is 46.9 Å². The summed E-state index contributed by atoms with van der Waals surface area (Å²) in [6.45, 7) is 5.54. The van der Waals surface area contributed by atoms with Gasteiger partial charge in [-0.05, 0) is 60.0 Å². The largest absolute Gasteiger partial charge is 0.481 e. The number of hydrazine groups is 1. The third kappa shape index (κ3) is 3.98. The summed E-state index contributed by atoms with van der Waals surface area (Å²) in [5.74, 6) is -0.260. The maximum Gasteiger partial charge on any atom is 0.287 e. The number of rotatable bonds is 4. The molecule has 0 saturated heterocycles. The topological polar surface area (TPSA) is 83.2 Å². The quantitative estimate of drug-likeness (QED) is 0.551. The number of ether oxygens (including phenoxy) is 1. The number of hydrogen-bond donors (Lipinski definition) is 3. The molecule has 0 radical (unpaired) electrons. The van der Waals surface area contributed by atoms with Crippen molar-refractivity contribution in [3.63, 3.8) is 0 Å². The summed E-state index contributed by atoms with van der Waals surface area (Å²) in [7, 11) is 0. The van der Waals surface area contributed by atoms with E-state index >= 15 is 0 Å². The van der Waals surface area contributed by atoms with Gasteiger partial charge in [0.15, 0.2) is 6.10 Å². The molecule has 0 spiro atoms. The van der Waals surface area contributed by atoms with Gasteiger partial charge in [-0.1, -0.05) is 30.3 Å². The van der Waals surface area contributed by atoms with Gasteiger partial charge in [-0.15, -0.1) is 0 Å². The number of para-hydroxylation sites is 1. The van der Waals surface area contributed by atoms with Crippen molar-refractivity contribution in [2.45, 2.75) is 26.9 Å². The number of nitrogens with one attached hydrogen (secondary N) is 3. The Hall–Kier alpha value is -2.80. The number of carbonyl (C=O) groups excluding carboxylic acids is 2. The molecule has 6 nitrogen and oxygen atoms in total. The lowest BCUT2D eigenvalue weighted by molar-refractivity contribution is -0.128. The summed E-state index contributed by atoms with van der Waals surface area (Å²) in [6, 6.07) is 13.2. The molecule has 1 unspecified atom stereocenters. The predicted molar refractivity (Wildman–Crippen MR) is 108 cm³/mol. The van der Waals surface area contributed by atoms with E-state index in [0.717, 1.165) is 22.0 Å². The van der Waals surface area contributed by atoms with Crippen molar-refractivity contribution in [3.8, 4) is 5.75 Å². The molecule has 0 saturated carbocycles. The van der Waals surface area contributed by atoms with Gasteiger partial charge >= 0.3 is 0 Å². The minimum Gasteiger partial charge on any atom is -0.481 e. The molecule has 140 valence electrons. The van der Waals surface area contributed by atoms with Crippen LogP contribution in [0.1, 0.15) is 28.5 Å². The molecule has 0 aliphatic rings. The number of amides is 2. The second kappa shape index (κ2) is 7.84. The van der Waals surface area contributed by atoms with Gasteiger partial charge in [-0.25, -0.2) is 0 Å². The molecule has 27 heavy (non-hydrogen) atoms. The summed E-state index contributed by atoms with van der Waals surface area (Å²) in [5, 5.41) is 0.889. The Morgan fingerprint density at radius 1 is 1.07 bits per heavy atom. The average Bonchev–Trinajstić information content (AvgIpc) is 3.00. The Morgan fingerprint density at radius 2 is 1.81 bits per heavy atom. The second-order valence-electron chi connectivity index (χ2n) is 6.26. The lowest BCUT2D eigenvalue weighted by atomic mass is 10.1. The van der Waals surface area contributed by atoms with Crippen LogP contribution < -0.4 is 15.6 Å². The Bertz CT molecular complexity index is 1010. The first-order valence-corrected chi connectivity index (χ1v) is 9.27. The molecule has 3 N–H and O–H groups in total. The molecule has 0 aliphatic carbocycles. The van der Waals surface area contributed by atoms with Crippen molar-refractivity contribution in [3.05, 3.63) is 63.8 Å². The first-order chi connectivity index (χ1) is 12.9. The fraction of sp³-hybridized carbons (Fsp3) is 0.200. The molecule has 2 amide bonds. The highest BCUT2D eigenvalue weighted by atomic mass is 79.9. The van der Waals surface area contributed by atoms with Gasteiger partial charge in [0.1, 0.15) is 11.4 Å². The standard InChI is InChI=1S/C20H20BrN3O3/c1-11-7-6-10-16(12(11)2)27-13(3)19(25)23-24-20(26)18-17(21)14-8-4-5-9-15(14)22-18/h4-10,13,22H,1-3H3,(H,23,25)(H,24,26). The van der Waals surface area contributed by atoms with Crippen molar-refractivity contribution >= 4 is 38.6 Å². The fourth-order valence-corrected chi connectivity index (χ4v) is 3.27. The molecule has 1 aromatic heterocycles. The smallest absolute Gasteiger partial charge is 0.287 e. The average molecular weight is 430 g/mol. The van der Waals surface area contributed by atoms with Crippen molar-refractivity contribution in [2.75, 3.05) is 0 Å². The minimum absolute atomic E-state index is 0.333. The first-order valence-electron chi connectivity index (χ1n) is 8.47. The second-order valence-corrected chi connectivity index (χ2v) is 7.05. The van der Waals surface area contributed by atoms with Crippen LogP contribution in [0.2, 0.25) is 0 Å². The number of fused-ring (bicyclic) bond motifs is 1. The van der Waals surface area contributed by atoms with E-state index in [4.69, 9.17) is 4.74 Å². The summed E-state index contributed by atoms with van der Waals surface area (Å²) >= 11 is 3.42. The highest BCUT2D eigenvalue weighted by Gasteiger charge is 2.19. The number of aromatic nitrogens is 1. The molecule has 2 aromatic carbocycles. The number of carbonyl (C=O) groups is 2. The molecule has 0 aliphatic heterocycles. The van der Waals surface area contributed by atoms with Gasteiger partial charge in [0.05, 0.1) is 4.47 Å². The van der Waals surface area contributed by atoms with Crippen LogP contribution in [0, 0.1) is 13.8 Å². The van der Waals surface area contributed by atoms with Crippen molar-refractivity contribution in [1.29, 1.82) is 0 Å². The summed E-state index contributed by atoms with van der Waals surface area (Å²) in [6.07, 6.45) is -0.767. The molecular weight excluding hydrogens is 410 g/mol. The van der Waals surface area contributed by atoms with Gasteiger partial charge in [0, 0.05) is 10.9 Å². The molecule has 3 aromatic rings.